The van der Waals surface area contributed by atoms with Gasteiger partial charge in [0, 0.05) is 12.6 Å². The summed E-state index contributed by atoms with van der Waals surface area (Å²) in [5.74, 6) is -0.347. The van der Waals surface area contributed by atoms with Gasteiger partial charge in [0.1, 0.15) is 17.7 Å². The van der Waals surface area contributed by atoms with Crippen molar-refractivity contribution in [3.8, 4) is 0 Å². The van der Waals surface area contributed by atoms with Crippen LogP contribution in [0.1, 0.15) is 52.9 Å². The van der Waals surface area contributed by atoms with Crippen LogP contribution in [0.2, 0.25) is 0 Å². The summed E-state index contributed by atoms with van der Waals surface area (Å²) in [5.41, 5.74) is 5.31. The number of hydrogen-bond donors (Lipinski definition) is 1. The Bertz CT molecular complexity index is 399. The Labute approximate surface area is 125 Å². The summed E-state index contributed by atoms with van der Waals surface area (Å²) in [4.78, 5) is 25.9. The third kappa shape index (κ3) is 4.33. The van der Waals surface area contributed by atoms with Crippen molar-refractivity contribution in [2.24, 2.45) is 5.73 Å². The first-order valence-corrected chi connectivity index (χ1v) is 7.72. The number of likely N-dealkylation sites (tertiary alicyclic amines) is 1. The van der Waals surface area contributed by atoms with E-state index in [9.17, 15) is 9.59 Å². The van der Waals surface area contributed by atoms with Gasteiger partial charge in [0.25, 0.3) is 0 Å². The first-order chi connectivity index (χ1) is 9.76. The van der Waals surface area contributed by atoms with E-state index in [0.29, 0.717) is 13.0 Å². The molecule has 0 unspecified atom stereocenters. The third-order valence-electron chi connectivity index (χ3n) is 3.82. The second-order valence-corrected chi connectivity index (χ2v) is 6.99. The van der Waals surface area contributed by atoms with E-state index in [2.05, 4.69) is 0 Å². The van der Waals surface area contributed by atoms with Crippen molar-refractivity contribution in [1.29, 1.82) is 0 Å². The number of nitrogens with zero attached hydrogens (tertiary/aromatic N) is 1. The second kappa shape index (κ2) is 6.22. The second-order valence-electron chi connectivity index (χ2n) is 6.99. The molecule has 1 aliphatic heterocycles. The maximum Gasteiger partial charge on any atom is 0.411 e. The van der Waals surface area contributed by atoms with Crippen LogP contribution in [0.3, 0.4) is 0 Å². The average molecular weight is 298 g/mol. The van der Waals surface area contributed by atoms with Gasteiger partial charge in [0.2, 0.25) is 0 Å². The number of carbonyl (C=O) groups excluding carboxylic acids is 2. The summed E-state index contributed by atoms with van der Waals surface area (Å²) in [5, 5.41) is 0. The lowest BCUT2D eigenvalue weighted by Crippen LogP contribution is -2.44. The van der Waals surface area contributed by atoms with Crippen molar-refractivity contribution >= 4 is 12.1 Å². The minimum atomic E-state index is -0.615. The molecule has 2 fully saturated rings. The van der Waals surface area contributed by atoms with Gasteiger partial charge in [-0.2, -0.15) is 0 Å². The standard InChI is InChI=1S/C15H26N2O4/c1-15(2,3)21-14(19)17-9-10(16)8-12(17)13(18)20-11-6-4-5-7-11/h10-12H,4-9,16H2,1-3H3/t10-,12-/m0/s1. The maximum absolute atomic E-state index is 12.3. The van der Waals surface area contributed by atoms with E-state index < -0.39 is 17.7 Å². The fourth-order valence-electron chi connectivity index (χ4n) is 2.86. The summed E-state index contributed by atoms with van der Waals surface area (Å²) >= 11 is 0. The summed E-state index contributed by atoms with van der Waals surface area (Å²) in [6.45, 7) is 5.73. The van der Waals surface area contributed by atoms with Crippen molar-refractivity contribution in [2.75, 3.05) is 6.54 Å². The number of nitrogens with two attached hydrogens (primary N) is 1. The molecular formula is C15H26N2O4. The number of esters is 1. The molecule has 0 aromatic heterocycles. The smallest absolute Gasteiger partial charge is 0.411 e. The molecule has 0 aromatic rings. The van der Waals surface area contributed by atoms with Crippen molar-refractivity contribution < 1.29 is 19.1 Å². The summed E-state index contributed by atoms with van der Waals surface area (Å²) < 4.78 is 10.9. The largest absolute Gasteiger partial charge is 0.461 e. The van der Waals surface area contributed by atoms with Gasteiger partial charge in [-0.15, -0.1) is 0 Å². The molecule has 1 saturated carbocycles. The van der Waals surface area contributed by atoms with Crippen LogP contribution in [-0.2, 0) is 14.3 Å². The molecule has 1 heterocycles. The zero-order valence-electron chi connectivity index (χ0n) is 13.1. The highest BCUT2D eigenvalue weighted by Crippen LogP contribution is 2.25. The van der Waals surface area contributed by atoms with E-state index in [1.54, 1.807) is 20.8 Å². The lowest BCUT2D eigenvalue weighted by atomic mass is 10.2. The molecule has 0 bridgehead atoms. The van der Waals surface area contributed by atoms with Crippen LogP contribution in [0.5, 0.6) is 0 Å². The molecule has 6 nitrogen and oxygen atoms in total. The Morgan fingerprint density at radius 3 is 2.38 bits per heavy atom. The fraction of sp³-hybridized carbons (Fsp3) is 0.867. The third-order valence-corrected chi connectivity index (χ3v) is 3.82. The van der Waals surface area contributed by atoms with Crippen molar-refractivity contribution in [3.63, 3.8) is 0 Å². The van der Waals surface area contributed by atoms with Gasteiger partial charge in [-0.25, -0.2) is 9.59 Å². The monoisotopic (exact) mass is 298 g/mol. The zero-order chi connectivity index (χ0) is 15.6. The van der Waals surface area contributed by atoms with Crippen LogP contribution < -0.4 is 5.73 Å². The van der Waals surface area contributed by atoms with Crippen molar-refractivity contribution in [1.82, 2.24) is 4.90 Å². The normalized spacial score (nSPS) is 27.0. The molecule has 0 aromatic carbocycles. The van der Waals surface area contributed by atoms with Crippen molar-refractivity contribution in [2.45, 2.75) is 76.7 Å². The van der Waals surface area contributed by atoms with E-state index in [0.717, 1.165) is 25.7 Å². The van der Waals surface area contributed by atoms with Gasteiger partial charge >= 0.3 is 12.1 Å². The van der Waals surface area contributed by atoms with Crippen LogP contribution in [-0.4, -0.2) is 47.3 Å². The molecule has 120 valence electrons. The van der Waals surface area contributed by atoms with E-state index >= 15 is 0 Å². The Balaban J connectivity index is 1.98. The Morgan fingerprint density at radius 1 is 1.19 bits per heavy atom. The summed E-state index contributed by atoms with van der Waals surface area (Å²) in [6, 6.07) is -0.825. The average Bonchev–Trinajstić information content (AvgIpc) is 2.95. The number of hydrogen-bond acceptors (Lipinski definition) is 5. The molecular weight excluding hydrogens is 272 g/mol. The van der Waals surface area contributed by atoms with E-state index in [1.165, 1.54) is 4.90 Å². The van der Waals surface area contributed by atoms with Crippen molar-refractivity contribution in [3.05, 3.63) is 0 Å². The lowest BCUT2D eigenvalue weighted by Gasteiger charge is -2.28. The van der Waals surface area contributed by atoms with E-state index in [4.69, 9.17) is 15.2 Å². The van der Waals surface area contributed by atoms with Gasteiger partial charge in [0.15, 0.2) is 0 Å². The minimum absolute atomic E-state index is 0.00480. The van der Waals surface area contributed by atoms with Crippen LogP contribution in [0.4, 0.5) is 4.79 Å². The number of ether oxygens (including phenoxy) is 2. The highest BCUT2D eigenvalue weighted by atomic mass is 16.6. The molecule has 6 heteroatoms. The molecule has 1 aliphatic carbocycles. The van der Waals surface area contributed by atoms with Crippen LogP contribution in [0.15, 0.2) is 0 Å². The molecule has 0 radical (unpaired) electrons. The SMILES string of the molecule is CC(C)(C)OC(=O)N1C[C@@H](N)C[C@H]1C(=O)OC1CCCC1. The number of carbonyl (C=O) groups is 2. The maximum atomic E-state index is 12.3. The van der Waals surface area contributed by atoms with E-state index in [-0.39, 0.29) is 18.1 Å². The molecule has 2 aliphatic rings. The zero-order valence-corrected chi connectivity index (χ0v) is 13.1. The molecule has 0 spiro atoms. The Morgan fingerprint density at radius 2 is 1.81 bits per heavy atom. The lowest BCUT2D eigenvalue weighted by molar-refractivity contribution is -0.154. The molecule has 2 atom stereocenters. The Kier molecular flexibility index (Phi) is 4.76. The number of amides is 1. The topological polar surface area (TPSA) is 81.9 Å². The molecule has 21 heavy (non-hydrogen) atoms. The molecule has 1 saturated heterocycles. The number of rotatable bonds is 2. The first-order valence-electron chi connectivity index (χ1n) is 7.72. The molecule has 2 rings (SSSR count). The predicted octanol–water partition coefficient (Wildman–Crippen LogP) is 1.81. The van der Waals surface area contributed by atoms with Crippen LogP contribution in [0.25, 0.3) is 0 Å². The fourth-order valence-corrected chi connectivity index (χ4v) is 2.86. The predicted molar refractivity (Wildman–Crippen MR) is 77.7 cm³/mol. The minimum Gasteiger partial charge on any atom is -0.461 e. The van der Waals surface area contributed by atoms with Gasteiger partial charge < -0.3 is 15.2 Å². The highest BCUT2D eigenvalue weighted by molar-refractivity contribution is 5.82. The van der Waals surface area contributed by atoms with Gasteiger partial charge in [-0.05, 0) is 52.9 Å². The summed E-state index contributed by atoms with van der Waals surface area (Å²) in [7, 11) is 0. The van der Waals surface area contributed by atoms with Gasteiger partial charge in [0.05, 0.1) is 0 Å². The summed E-state index contributed by atoms with van der Waals surface area (Å²) in [6.07, 6.45) is 3.95. The van der Waals surface area contributed by atoms with Crippen LogP contribution in [0, 0.1) is 0 Å². The molecule has 2 N–H and O–H groups in total. The van der Waals surface area contributed by atoms with E-state index in [1.807, 2.05) is 0 Å². The Hall–Kier alpha value is -1.30. The van der Waals surface area contributed by atoms with Gasteiger partial charge in [-0.1, -0.05) is 0 Å². The quantitative estimate of drug-likeness (QED) is 0.786. The highest BCUT2D eigenvalue weighted by Gasteiger charge is 2.42. The molecule has 1 amide bonds. The van der Waals surface area contributed by atoms with Gasteiger partial charge in [-0.3, -0.25) is 4.90 Å². The van der Waals surface area contributed by atoms with Crippen LogP contribution >= 0.6 is 0 Å². The first kappa shape index (κ1) is 16.1.